The Hall–Kier alpha value is -1.22. The van der Waals surface area contributed by atoms with E-state index in [4.69, 9.17) is 9.47 Å². The van der Waals surface area contributed by atoms with Crippen LogP contribution in [0.5, 0.6) is 11.5 Å². The molecule has 0 radical (unpaired) electrons. The van der Waals surface area contributed by atoms with Crippen molar-refractivity contribution in [3.05, 3.63) is 23.3 Å². The highest BCUT2D eigenvalue weighted by Crippen LogP contribution is 2.33. The van der Waals surface area contributed by atoms with E-state index in [0.29, 0.717) is 5.92 Å². The van der Waals surface area contributed by atoms with E-state index >= 15 is 0 Å². The van der Waals surface area contributed by atoms with Gasteiger partial charge in [-0.25, -0.2) is 0 Å². The fourth-order valence-corrected chi connectivity index (χ4v) is 1.87. The zero-order valence-corrected chi connectivity index (χ0v) is 9.46. The van der Waals surface area contributed by atoms with E-state index < -0.39 is 0 Å². The highest BCUT2D eigenvalue weighted by atomic mass is 16.5. The summed E-state index contributed by atoms with van der Waals surface area (Å²) < 4.78 is 10.7. The third-order valence-electron chi connectivity index (χ3n) is 3.03. The topological polar surface area (TPSA) is 30.5 Å². The molecular weight excluding hydrogens is 190 g/mol. The number of methoxy groups -OCH3 is 2. The number of nitrogens with one attached hydrogen (secondary N) is 1. The standard InChI is InChI=1S/C12H17NO2/c1-8-11(14-2)4-9(5-12(8)15-3)10-6-13-7-10/h4-5,10,13H,6-7H2,1-3H3. The van der Waals surface area contributed by atoms with Gasteiger partial charge in [-0.2, -0.15) is 0 Å². The summed E-state index contributed by atoms with van der Waals surface area (Å²) in [6, 6.07) is 4.23. The lowest BCUT2D eigenvalue weighted by molar-refractivity contribution is 0.383. The quantitative estimate of drug-likeness (QED) is 0.818. The first-order valence-electron chi connectivity index (χ1n) is 5.19. The molecule has 3 nitrogen and oxygen atoms in total. The van der Waals surface area contributed by atoms with Crippen LogP contribution in [0, 0.1) is 6.92 Å². The average Bonchev–Trinajstić information content (AvgIpc) is 2.17. The molecule has 0 unspecified atom stereocenters. The lowest BCUT2D eigenvalue weighted by Crippen LogP contribution is -2.39. The van der Waals surface area contributed by atoms with Crippen molar-refractivity contribution >= 4 is 0 Å². The van der Waals surface area contributed by atoms with Crippen molar-refractivity contribution in [2.24, 2.45) is 0 Å². The average molecular weight is 207 g/mol. The molecular formula is C12H17NO2. The van der Waals surface area contributed by atoms with Gasteiger partial charge in [0.15, 0.2) is 0 Å². The van der Waals surface area contributed by atoms with Gasteiger partial charge in [0.05, 0.1) is 14.2 Å². The van der Waals surface area contributed by atoms with Gasteiger partial charge in [0.2, 0.25) is 0 Å². The summed E-state index contributed by atoms with van der Waals surface area (Å²) in [6.07, 6.45) is 0. The number of ether oxygens (including phenoxy) is 2. The maximum Gasteiger partial charge on any atom is 0.125 e. The van der Waals surface area contributed by atoms with Gasteiger partial charge in [-0.3, -0.25) is 0 Å². The second-order valence-electron chi connectivity index (χ2n) is 3.91. The predicted molar refractivity (Wildman–Crippen MR) is 59.9 cm³/mol. The summed E-state index contributed by atoms with van der Waals surface area (Å²) in [5, 5.41) is 3.27. The number of hydrogen-bond donors (Lipinski definition) is 1. The normalized spacial score (nSPS) is 15.9. The Bertz CT molecular complexity index is 334. The Kier molecular flexibility index (Phi) is 2.82. The molecule has 0 saturated carbocycles. The molecule has 0 aliphatic carbocycles. The van der Waals surface area contributed by atoms with Crippen LogP contribution in [0.3, 0.4) is 0 Å². The van der Waals surface area contributed by atoms with E-state index in [0.717, 1.165) is 30.2 Å². The van der Waals surface area contributed by atoms with Gasteiger partial charge in [-0.05, 0) is 24.6 Å². The van der Waals surface area contributed by atoms with Crippen LogP contribution in [0.15, 0.2) is 12.1 Å². The van der Waals surface area contributed by atoms with Crippen molar-refractivity contribution < 1.29 is 9.47 Å². The van der Waals surface area contributed by atoms with Crippen molar-refractivity contribution in [2.75, 3.05) is 27.3 Å². The molecule has 0 atom stereocenters. The summed E-state index contributed by atoms with van der Waals surface area (Å²) >= 11 is 0. The maximum absolute atomic E-state index is 5.35. The molecule has 1 fully saturated rings. The highest BCUT2D eigenvalue weighted by molar-refractivity contribution is 5.48. The first-order valence-corrected chi connectivity index (χ1v) is 5.19. The lowest BCUT2D eigenvalue weighted by atomic mass is 9.92. The van der Waals surface area contributed by atoms with E-state index in [2.05, 4.69) is 17.4 Å². The van der Waals surface area contributed by atoms with E-state index in [1.165, 1.54) is 5.56 Å². The highest BCUT2D eigenvalue weighted by Gasteiger charge is 2.21. The number of hydrogen-bond acceptors (Lipinski definition) is 3. The smallest absolute Gasteiger partial charge is 0.125 e. The molecule has 1 aromatic rings. The Morgan fingerprint density at radius 1 is 1.13 bits per heavy atom. The minimum atomic E-state index is 0.605. The predicted octanol–water partition coefficient (Wildman–Crippen LogP) is 1.70. The molecule has 1 aliphatic heterocycles. The van der Waals surface area contributed by atoms with Gasteiger partial charge in [-0.1, -0.05) is 0 Å². The fourth-order valence-electron chi connectivity index (χ4n) is 1.87. The summed E-state index contributed by atoms with van der Waals surface area (Å²) in [6.45, 7) is 4.12. The molecule has 1 saturated heterocycles. The molecule has 0 spiro atoms. The number of benzene rings is 1. The van der Waals surface area contributed by atoms with Crippen LogP contribution >= 0.6 is 0 Å². The van der Waals surface area contributed by atoms with Crippen molar-refractivity contribution in [3.8, 4) is 11.5 Å². The molecule has 0 bridgehead atoms. The summed E-state index contributed by atoms with van der Waals surface area (Å²) in [5.41, 5.74) is 2.36. The largest absolute Gasteiger partial charge is 0.496 e. The summed E-state index contributed by atoms with van der Waals surface area (Å²) in [4.78, 5) is 0. The van der Waals surface area contributed by atoms with Crippen LogP contribution in [-0.4, -0.2) is 27.3 Å². The molecule has 82 valence electrons. The fraction of sp³-hybridized carbons (Fsp3) is 0.500. The first kappa shape index (κ1) is 10.3. The monoisotopic (exact) mass is 207 g/mol. The zero-order valence-electron chi connectivity index (χ0n) is 9.46. The Morgan fingerprint density at radius 3 is 2.00 bits per heavy atom. The molecule has 1 heterocycles. The van der Waals surface area contributed by atoms with Crippen molar-refractivity contribution in [2.45, 2.75) is 12.8 Å². The molecule has 1 aliphatic rings. The van der Waals surface area contributed by atoms with E-state index in [1.54, 1.807) is 14.2 Å². The second kappa shape index (κ2) is 4.11. The Morgan fingerprint density at radius 2 is 1.67 bits per heavy atom. The van der Waals surface area contributed by atoms with Gasteiger partial charge in [-0.15, -0.1) is 0 Å². The van der Waals surface area contributed by atoms with Crippen molar-refractivity contribution in [3.63, 3.8) is 0 Å². The molecule has 3 heteroatoms. The third-order valence-corrected chi connectivity index (χ3v) is 3.03. The van der Waals surface area contributed by atoms with Gasteiger partial charge in [0.25, 0.3) is 0 Å². The van der Waals surface area contributed by atoms with Crippen LogP contribution < -0.4 is 14.8 Å². The summed E-state index contributed by atoms with van der Waals surface area (Å²) in [7, 11) is 3.40. The van der Waals surface area contributed by atoms with Crippen LogP contribution in [0.25, 0.3) is 0 Å². The van der Waals surface area contributed by atoms with Crippen LogP contribution in [0.1, 0.15) is 17.0 Å². The van der Waals surface area contributed by atoms with E-state index in [9.17, 15) is 0 Å². The molecule has 0 amide bonds. The first-order chi connectivity index (χ1) is 7.26. The van der Waals surface area contributed by atoms with Gasteiger partial charge < -0.3 is 14.8 Å². The lowest BCUT2D eigenvalue weighted by Gasteiger charge is -2.28. The van der Waals surface area contributed by atoms with Crippen LogP contribution in [0.4, 0.5) is 0 Å². The number of rotatable bonds is 3. The molecule has 2 rings (SSSR count). The van der Waals surface area contributed by atoms with E-state index in [-0.39, 0.29) is 0 Å². The molecule has 15 heavy (non-hydrogen) atoms. The minimum Gasteiger partial charge on any atom is -0.496 e. The van der Waals surface area contributed by atoms with Gasteiger partial charge >= 0.3 is 0 Å². The van der Waals surface area contributed by atoms with Crippen LogP contribution in [-0.2, 0) is 0 Å². The Labute approximate surface area is 90.4 Å². The van der Waals surface area contributed by atoms with Gasteiger partial charge in [0.1, 0.15) is 11.5 Å². The summed E-state index contributed by atoms with van der Waals surface area (Å²) in [5.74, 6) is 2.43. The van der Waals surface area contributed by atoms with Crippen molar-refractivity contribution in [1.29, 1.82) is 0 Å². The molecule has 1 aromatic carbocycles. The SMILES string of the molecule is COc1cc(C2CNC2)cc(OC)c1C. The zero-order chi connectivity index (χ0) is 10.8. The Balaban J connectivity index is 2.38. The minimum absolute atomic E-state index is 0.605. The van der Waals surface area contributed by atoms with Gasteiger partial charge in [0, 0.05) is 24.6 Å². The van der Waals surface area contributed by atoms with Crippen LogP contribution in [0.2, 0.25) is 0 Å². The van der Waals surface area contributed by atoms with Crippen molar-refractivity contribution in [1.82, 2.24) is 5.32 Å². The molecule has 0 aromatic heterocycles. The second-order valence-corrected chi connectivity index (χ2v) is 3.91. The molecule has 1 N–H and O–H groups in total. The maximum atomic E-state index is 5.35. The van der Waals surface area contributed by atoms with E-state index in [1.807, 2.05) is 6.92 Å². The third kappa shape index (κ3) is 1.79.